The van der Waals surface area contributed by atoms with Gasteiger partial charge in [-0.15, -0.1) is 0 Å². The summed E-state index contributed by atoms with van der Waals surface area (Å²) in [7, 11) is 0. The predicted octanol–water partition coefficient (Wildman–Crippen LogP) is 8.27. The number of hydrogen-bond acceptors (Lipinski definition) is 10. The van der Waals surface area contributed by atoms with E-state index in [9.17, 15) is 30.0 Å². The van der Waals surface area contributed by atoms with Gasteiger partial charge < -0.3 is 39.4 Å². The zero-order chi connectivity index (χ0) is 39.5. The number of aliphatic hydroxyl groups excluding tert-OH is 4. The topological polar surface area (TPSA) is 152 Å². The van der Waals surface area contributed by atoms with E-state index in [1.807, 2.05) is 0 Å². The van der Waals surface area contributed by atoms with Gasteiger partial charge in [0.1, 0.15) is 31.0 Å². The summed E-state index contributed by atoms with van der Waals surface area (Å²) in [6.07, 6.45) is 33.7. The third-order valence-corrected chi connectivity index (χ3v) is 9.14. The van der Waals surface area contributed by atoms with Crippen LogP contribution in [-0.4, -0.2) is 89.0 Å². The van der Waals surface area contributed by atoms with Crippen LogP contribution in [0.25, 0.3) is 0 Å². The summed E-state index contributed by atoms with van der Waals surface area (Å²) in [6, 6.07) is 0. The summed E-state index contributed by atoms with van der Waals surface area (Å²) in [6.45, 7) is 3.21. The fourth-order valence-electron chi connectivity index (χ4n) is 5.81. The average Bonchev–Trinajstić information content (AvgIpc) is 3.17. The maximum atomic E-state index is 12.7. The third kappa shape index (κ3) is 26.2. The number of rotatable bonds is 33. The Hall–Kier alpha value is -2.60. The Morgan fingerprint density at radius 1 is 0.593 bits per heavy atom. The molecule has 0 spiro atoms. The molecule has 4 N–H and O–H groups in total. The molecule has 54 heavy (non-hydrogen) atoms. The first-order valence-electron chi connectivity index (χ1n) is 20.9. The van der Waals surface area contributed by atoms with Crippen molar-refractivity contribution < 1.29 is 49.0 Å². The average molecular weight is 763 g/mol. The van der Waals surface area contributed by atoms with Crippen molar-refractivity contribution in [1.82, 2.24) is 0 Å². The van der Waals surface area contributed by atoms with E-state index in [0.29, 0.717) is 12.8 Å². The van der Waals surface area contributed by atoms with Crippen LogP contribution in [0.3, 0.4) is 0 Å². The number of carbonyl (C=O) groups excluding carboxylic acids is 2. The van der Waals surface area contributed by atoms with Gasteiger partial charge in [-0.2, -0.15) is 0 Å². The summed E-state index contributed by atoms with van der Waals surface area (Å²) < 4.78 is 22.1. The van der Waals surface area contributed by atoms with Crippen molar-refractivity contribution in [2.75, 3.05) is 19.8 Å². The van der Waals surface area contributed by atoms with Crippen LogP contribution in [0.1, 0.15) is 149 Å². The van der Waals surface area contributed by atoms with Gasteiger partial charge in [0.05, 0.1) is 13.2 Å². The number of carbonyl (C=O) groups is 2. The number of esters is 2. The Bertz CT molecular complexity index is 1070. The Kier molecular flexibility index (Phi) is 31.9. The number of unbranched alkanes of at least 4 members (excludes halogenated alkanes) is 12. The number of hydrogen-bond donors (Lipinski definition) is 4. The van der Waals surface area contributed by atoms with Crippen molar-refractivity contribution in [2.24, 2.45) is 0 Å². The Balaban J connectivity index is 2.39. The second-order valence-corrected chi connectivity index (χ2v) is 14.1. The number of aliphatic hydroxyl groups is 4. The third-order valence-electron chi connectivity index (χ3n) is 9.14. The molecule has 1 rings (SSSR count). The van der Waals surface area contributed by atoms with Crippen LogP contribution in [0.5, 0.6) is 0 Å². The lowest BCUT2D eigenvalue weighted by Crippen LogP contribution is -2.59. The molecule has 1 fully saturated rings. The molecule has 1 saturated heterocycles. The Morgan fingerprint density at radius 2 is 1.09 bits per heavy atom. The molecule has 0 aliphatic carbocycles. The summed E-state index contributed by atoms with van der Waals surface area (Å²) in [5.41, 5.74) is 0. The lowest BCUT2D eigenvalue weighted by Gasteiger charge is -2.39. The molecule has 0 aromatic rings. The van der Waals surface area contributed by atoms with Crippen LogP contribution in [0, 0.1) is 0 Å². The van der Waals surface area contributed by atoms with E-state index in [-0.39, 0.29) is 26.1 Å². The van der Waals surface area contributed by atoms with Crippen molar-refractivity contribution in [3.8, 4) is 0 Å². The molecule has 1 aliphatic rings. The maximum Gasteiger partial charge on any atom is 0.306 e. The van der Waals surface area contributed by atoms with Crippen LogP contribution >= 0.6 is 0 Å². The van der Waals surface area contributed by atoms with Crippen molar-refractivity contribution >= 4 is 11.9 Å². The minimum atomic E-state index is -1.60. The van der Waals surface area contributed by atoms with Gasteiger partial charge >= 0.3 is 11.9 Å². The van der Waals surface area contributed by atoms with Crippen LogP contribution < -0.4 is 0 Å². The van der Waals surface area contributed by atoms with Crippen LogP contribution in [0.2, 0.25) is 0 Å². The smallest absolute Gasteiger partial charge is 0.306 e. The van der Waals surface area contributed by atoms with E-state index in [1.165, 1.54) is 12.8 Å². The minimum absolute atomic E-state index is 0.207. The highest BCUT2D eigenvalue weighted by atomic mass is 16.7. The molecular formula is C44H74O10. The highest BCUT2D eigenvalue weighted by molar-refractivity contribution is 5.70. The summed E-state index contributed by atoms with van der Waals surface area (Å²) in [4.78, 5) is 25.2. The van der Waals surface area contributed by atoms with Crippen LogP contribution in [-0.2, 0) is 28.5 Å². The van der Waals surface area contributed by atoms with Gasteiger partial charge in [-0.25, -0.2) is 0 Å². The molecule has 10 nitrogen and oxygen atoms in total. The molecular weight excluding hydrogens is 688 g/mol. The van der Waals surface area contributed by atoms with Crippen molar-refractivity contribution in [1.29, 1.82) is 0 Å². The molecule has 6 atom stereocenters. The molecule has 0 aromatic carbocycles. The van der Waals surface area contributed by atoms with Gasteiger partial charge in [0, 0.05) is 12.8 Å². The molecule has 0 amide bonds. The second kappa shape index (κ2) is 34.9. The Labute approximate surface area is 326 Å². The molecule has 310 valence electrons. The van der Waals surface area contributed by atoms with Crippen LogP contribution in [0.4, 0.5) is 0 Å². The highest BCUT2D eigenvalue weighted by Crippen LogP contribution is 2.22. The maximum absolute atomic E-state index is 12.7. The molecule has 2 unspecified atom stereocenters. The van der Waals surface area contributed by atoms with E-state index in [4.69, 9.17) is 18.9 Å². The summed E-state index contributed by atoms with van der Waals surface area (Å²) in [5.74, 6) is -0.849. The quantitative estimate of drug-likeness (QED) is 0.0292. The molecule has 1 aliphatic heterocycles. The molecule has 0 aromatic heterocycles. The molecule has 1 heterocycles. The van der Waals surface area contributed by atoms with Gasteiger partial charge in [0.15, 0.2) is 12.4 Å². The summed E-state index contributed by atoms with van der Waals surface area (Å²) in [5, 5.41) is 40.0. The first-order chi connectivity index (χ1) is 26.3. The van der Waals surface area contributed by atoms with E-state index in [0.717, 1.165) is 96.3 Å². The van der Waals surface area contributed by atoms with E-state index in [2.05, 4.69) is 74.6 Å². The Morgan fingerprint density at radius 3 is 1.65 bits per heavy atom. The highest BCUT2D eigenvalue weighted by Gasteiger charge is 2.44. The lowest BCUT2D eigenvalue weighted by atomic mass is 9.99. The van der Waals surface area contributed by atoms with E-state index in [1.54, 1.807) is 0 Å². The van der Waals surface area contributed by atoms with Gasteiger partial charge in [0.25, 0.3) is 0 Å². The van der Waals surface area contributed by atoms with Crippen molar-refractivity contribution in [3.05, 3.63) is 60.8 Å². The zero-order valence-electron chi connectivity index (χ0n) is 33.4. The SMILES string of the molecule is CC/C=C/C/C=C/C/C=C/CCCCCCCC(=O)OC[C@@H](CO[C@H]1O[C@@H](CO)[C@@H](O)C(O)C1O)OC(=O)CCCCCCC/C=C/C/C=C/CCCC. The minimum Gasteiger partial charge on any atom is -0.462 e. The van der Waals surface area contributed by atoms with Gasteiger partial charge in [-0.3, -0.25) is 9.59 Å². The van der Waals surface area contributed by atoms with Gasteiger partial charge in [-0.05, 0) is 70.6 Å². The number of allylic oxidation sites excluding steroid dienone is 10. The normalized spacial score (nSPS) is 21.3. The fraction of sp³-hybridized carbons (Fsp3) is 0.727. The summed E-state index contributed by atoms with van der Waals surface area (Å²) >= 11 is 0. The number of ether oxygens (including phenoxy) is 4. The van der Waals surface area contributed by atoms with Crippen molar-refractivity contribution in [3.63, 3.8) is 0 Å². The van der Waals surface area contributed by atoms with E-state index < -0.39 is 55.4 Å². The first-order valence-corrected chi connectivity index (χ1v) is 20.9. The molecule has 10 heteroatoms. The predicted molar refractivity (Wildman–Crippen MR) is 215 cm³/mol. The lowest BCUT2D eigenvalue weighted by molar-refractivity contribution is -0.305. The first kappa shape index (κ1) is 49.4. The fourth-order valence-corrected chi connectivity index (χ4v) is 5.81. The zero-order valence-corrected chi connectivity index (χ0v) is 33.4. The van der Waals surface area contributed by atoms with Gasteiger partial charge in [0.2, 0.25) is 0 Å². The second-order valence-electron chi connectivity index (χ2n) is 14.1. The molecule has 0 saturated carbocycles. The van der Waals surface area contributed by atoms with Crippen molar-refractivity contribution in [2.45, 2.75) is 185 Å². The van der Waals surface area contributed by atoms with Gasteiger partial charge in [-0.1, -0.05) is 126 Å². The monoisotopic (exact) mass is 763 g/mol. The molecule has 0 radical (unpaired) electrons. The molecule has 0 bridgehead atoms. The van der Waals surface area contributed by atoms with E-state index >= 15 is 0 Å². The standard InChI is InChI=1S/C44H74O10/c1-3-5-7-9-11-13-15-17-19-21-22-24-26-28-30-32-39(46)51-35-37(36-52-44-43(50)42(49)41(48)38(34-45)54-44)53-40(47)33-31-29-27-25-23-20-18-16-14-12-10-8-6-4-2/h5,7,10-13,16-19,37-38,41-45,48-50H,3-4,6,8-9,14-15,20-36H2,1-2H3/b7-5+,12-10+,13-11+,18-16+,19-17+/t37-,38-,41+,42?,43?,44-/m0/s1. The largest absolute Gasteiger partial charge is 0.462 e. The van der Waals surface area contributed by atoms with Crippen LogP contribution in [0.15, 0.2) is 60.8 Å².